The van der Waals surface area contributed by atoms with Gasteiger partial charge in [0.05, 0.1) is 5.69 Å². The summed E-state index contributed by atoms with van der Waals surface area (Å²) in [5.41, 5.74) is 1.06. The second-order valence-corrected chi connectivity index (χ2v) is 5.81. The van der Waals surface area contributed by atoms with E-state index in [4.69, 9.17) is 0 Å². The lowest BCUT2D eigenvalue weighted by Crippen LogP contribution is -2.48. The third kappa shape index (κ3) is 4.41. The van der Waals surface area contributed by atoms with E-state index in [1.807, 2.05) is 6.92 Å². The van der Waals surface area contributed by atoms with Crippen LogP contribution in [-0.4, -0.2) is 48.0 Å². The maximum Gasteiger partial charge on any atom is 0.225 e. The minimum Gasteiger partial charge on any atom is -0.312 e. The van der Waals surface area contributed by atoms with Gasteiger partial charge in [-0.05, 0) is 13.8 Å². The van der Waals surface area contributed by atoms with Crippen molar-refractivity contribution in [3.63, 3.8) is 0 Å². The molecule has 20 heavy (non-hydrogen) atoms. The Bertz CT molecular complexity index is 440. The maximum absolute atomic E-state index is 11.5. The van der Waals surface area contributed by atoms with Crippen LogP contribution in [0.15, 0.2) is 5.38 Å². The molecule has 1 amide bonds. The van der Waals surface area contributed by atoms with Crippen molar-refractivity contribution < 1.29 is 4.79 Å². The molecule has 114 valence electrons. The summed E-state index contributed by atoms with van der Waals surface area (Å²) in [5, 5.41) is 6.31. The van der Waals surface area contributed by atoms with E-state index in [9.17, 15) is 4.79 Å². The van der Waals surface area contributed by atoms with E-state index in [1.165, 1.54) is 0 Å². The van der Waals surface area contributed by atoms with Crippen LogP contribution < -0.4 is 10.2 Å². The van der Waals surface area contributed by atoms with Crippen LogP contribution in [0.2, 0.25) is 0 Å². The monoisotopic (exact) mass is 318 g/mol. The summed E-state index contributed by atoms with van der Waals surface area (Å²) in [7, 11) is 0. The molecule has 1 aliphatic rings. The number of carbonyl (C=O) groups excluding carboxylic acids is 1. The average molecular weight is 319 g/mol. The van der Waals surface area contributed by atoms with Gasteiger partial charge >= 0.3 is 0 Å². The quantitative estimate of drug-likeness (QED) is 0.918. The molecule has 1 saturated heterocycles. The Morgan fingerprint density at radius 1 is 1.65 bits per heavy atom. The molecule has 0 aromatic carbocycles. The van der Waals surface area contributed by atoms with Crippen LogP contribution in [0.3, 0.4) is 0 Å². The number of nitrogens with one attached hydrogen (secondary N) is 1. The van der Waals surface area contributed by atoms with Crippen LogP contribution in [0, 0.1) is 0 Å². The van der Waals surface area contributed by atoms with Crippen molar-refractivity contribution >= 4 is 34.8 Å². The number of nitrogens with zero attached hydrogens (tertiary/aromatic N) is 3. The van der Waals surface area contributed by atoms with E-state index >= 15 is 0 Å². The largest absolute Gasteiger partial charge is 0.312 e. The number of thiazole rings is 1. The highest BCUT2D eigenvalue weighted by molar-refractivity contribution is 7.14. The third-order valence-electron chi connectivity index (χ3n) is 3.31. The van der Waals surface area contributed by atoms with Crippen molar-refractivity contribution in [1.29, 1.82) is 0 Å². The van der Waals surface area contributed by atoms with Crippen LogP contribution >= 0.6 is 23.7 Å². The Hall–Kier alpha value is -0.690. The second-order valence-electron chi connectivity index (χ2n) is 4.97. The van der Waals surface area contributed by atoms with Crippen molar-refractivity contribution in [2.24, 2.45) is 0 Å². The minimum atomic E-state index is 0. The molecule has 0 saturated carbocycles. The summed E-state index contributed by atoms with van der Waals surface area (Å²) in [6, 6.07) is 0.538. The molecule has 0 spiro atoms. The molecule has 1 aromatic rings. The standard InChI is InChI=1S/C13H22N4OS.ClH/c1-4-17(11(3)18)13-15-12(9-19-13)8-16-6-5-14-10(2)7-16;/h9-10,14H,4-8H2,1-3H3;1H/t10-;/m0./s1. The molecule has 2 heterocycles. The molecule has 1 aliphatic heterocycles. The van der Waals surface area contributed by atoms with E-state index < -0.39 is 0 Å². The summed E-state index contributed by atoms with van der Waals surface area (Å²) < 4.78 is 0. The molecule has 1 fully saturated rings. The molecule has 1 N–H and O–H groups in total. The topological polar surface area (TPSA) is 48.5 Å². The van der Waals surface area contributed by atoms with Crippen LogP contribution in [-0.2, 0) is 11.3 Å². The smallest absolute Gasteiger partial charge is 0.225 e. The number of anilines is 1. The first kappa shape index (κ1) is 17.4. The molecule has 7 heteroatoms. The van der Waals surface area contributed by atoms with Gasteiger partial charge < -0.3 is 5.32 Å². The van der Waals surface area contributed by atoms with Crippen molar-refractivity contribution in [2.45, 2.75) is 33.4 Å². The number of rotatable bonds is 4. The summed E-state index contributed by atoms with van der Waals surface area (Å²) in [6.45, 7) is 10.5. The van der Waals surface area contributed by atoms with Gasteiger partial charge in [0.15, 0.2) is 5.13 Å². The normalized spacial score (nSPS) is 19.4. The average Bonchev–Trinajstić information content (AvgIpc) is 2.78. The Labute approximate surface area is 130 Å². The van der Waals surface area contributed by atoms with E-state index in [-0.39, 0.29) is 18.3 Å². The molecule has 0 unspecified atom stereocenters. The van der Waals surface area contributed by atoms with Crippen molar-refractivity contribution in [3.8, 4) is 0 Å². The molecule has 1 atom stereocenters. The summed E-state index contributed by atoms with van der Waals surface area (Å²) in [6.07, 6.45) is 0. The predicted molar refractivity (Wildman–Crippen MR) is 85.8 cm³/mol. The lowest BCUT2D eigenvalue weighted by Gasteiger charge is -2.31. The fourth-order valence-corrected chi connectivity index (χ4v) is 3.29. The second kappa shape index (κ2) is 7.93. The van der Waals surface area contributed by atoms with E-state index in [0.717, 1.165) is 37.0 Å². The SMILES string of the molecule is CCN(C(C)=O)c1nc(CN2CCN[C@@H](C)C2)cs1.Cl. The van der Waals surface area contributed by atoms with E-state index in [1.54, 1.807) is 23.2 Å². The van der Waals surface area contributed by atoms with Gasteiger partial charge in [-0.2, -0.15) is 0 Å². The first-order chi connectivity index (χ1) is 9.10. The Kier molecular flexibility index (Phi) is 6.88. The molecule has 0 radical (unpaired) electrons. The summed E-state index contributed by atoms with van der Waals surface area (Å²) in [5.74, 6) is 0.0548. The number of hydrogen-bond acceptors (Lipinski definition) is 5. The van der Waals surface area contributed by atoms with Gasteiger partial charge in [-0.25, -0.2) is 4.98 Å². The maximum atomic E-state index is 11.5. The van der Waals surface area contributed by atoms with Gasteiger partial charge in [-0.1, -0.05) is 0 Å². The highest BCUT2D eigenvalue weighted by Crippen LogP contribution is 2.21. The van der Waals surface area contributed by atoms with Gasteiger partial charge in [-0.15, -0.1) is 23.7 Å². The number of amides is 1. The van der Waals surface area contributed by atoms with Gasteiger partial charge in [-0.3, -0.25) is 14.6 Å². The highest BCUT2D eigenvalue weighted by Gasteiger charge is 2.18. The summed E-state index contributed by atoms with van der Waals surface area (Å²) >= 11 is 1.55. The fraction of sp³-hybridized carbons (Fsp3) is 0.692. The number of carbonyl (C=O) groups is 1. The van der Waals surface area contributed by atoms with Gasteiger partial charge in [0.25, 0.3) is 0 Å². The molecular weight excluding hydrogens is 296 g/mol. The zero-order valence-corrected chi connectivity index (χ0v) is 13.9. The number of halogens is 1. The minimum absolute atomic E-state index is 0. The van der Waals surface area contributed by atoms with Crippen LogP contribution in [0.1, 0.15) is 26.5 Å². The van der Waals surface area contributed by atoms with Crippen LogP contribution in [0.5, 0.6) is 0 Å². The Morgan fingerprint density at radius 2 is 2.40 bits per heavy atom. The Morgan fingerprint density at radius 3 is 3.00 bits per heavy atom. The van der Waals surface area contributed by atoms with Crippen molar-refractivity contribution in [1.82, 2.24) is 15.2 Å². The highest BCUT2D eigenvalue weighted by atomic mass is 35.5. The zero-order chi connectivity index (χ0) is 13.8. The van der Waals surface area contributed by atoms with Crippen LogP contribution in [0.25, 0.3) is 0 Å². The third-order valence-corrected chi connectivity index (χ3v) is 4.22. The lowest BCUT2D eigenvalue weighted by molar-refractivity contribution is -0.116. The van der Waals surface area contributed by atoms with Gasteiger partial charge in [0.1, 0.15) is 0 Å². The van der Waals surface area contributed by atoms with Crippen molar-refractivity contribution in [3.05, 3.63) is 11.1 Å². The lowest BCUT2D eigenvalue weighted by atomic mass is 10.2. The van der Waals surface area contributed by atoms with Gasteiger partial charge in [0.2, 0.25) is 5.91 Å². The molecule has 5 nitrogen and oxygen atoms in total. The summed E-state index contributed by atoms with van der Waals surface area (Å²) in [4.78, 5) is 20.2. The fourth-order valence-electron chi connectivity index (χ4n) is 2.37. The predicted octanol–water partition coefficient (Wildman–Crippen LogP) is 1.73. The Balaban J connectivity index is 0.00000200. The molecule has 0 bridgehead atoms. The molecule has 0 aliphatic carbocycles. The first-order valence-corrected chi connectivity index (χ1v) is 7.66. The zero-order valence-electron chi connectivity index (χ0n) is 12.3. The van der Waals surface area contributed by atoms with E-state index in [2.05, 4.69) is 27.5 Å². The van der Waals surface area contributed by atoms with Crippen molar-refractivity contribution in [2.75, 3.05) is 31.1 Å². The van der Waals surface area contributed by atoms with E-state index in [0.29, 0.717) is 12.6 Å². The molecule has 1 aromatic heterocycles. The number of piperazine rings is 1. The first-order valence-electron chi connectivity index (χ1n) is 6.78. The molecule has 2 rings (SSSR count). The number of aromatic nitrogens is 1. The van der Waals surface area contributed by atoms with Crippen LogP contribution in [0.4, 0.5) is 5.13 Å². The van der Waals surface area contributed by atoms with Gasteiger partial charge in [0, 0.05) is 51.1 Å². The molecular formula is C13H23ClN4OS. The number of hydrogen-bond donors (Lipinski definition) is 1.